The summed E-state index contributed by atoms with van der Waals surface area (Å²) in [4.78, 5) is 27.8. The number of rotatable bonds is 11. The Balaban J connectivity index is 2.17. The standard InChI is InChI=1S/C27H38N2O4/c1-7-32-23-16-14-21(18-24(23)33-8-2)15-17-25(30)29(19-22-12-10-9-11-13-22)20(3)26(31)28-27(4,5)6/h9-14,16,18,20H,7-8,15,17,19H2,1-6H3,(H,28,31)/t20-/m0/s1. The molecule has 0 aliphatic carbocycles. The molecular weight excluding hydrogens is 416 g/mol. The normalized spacial score (nSPS) is 12.1. The highest BCUT2D eigenvalue weighted by Gasteiger charge is 2.28. The number of hydrogen-bond donors (Lipinski definition) is 1. The number of carbonyl (C=O) groups excluding carboxylic acids is 2. The Morgan fingerprint density at radius 1 is 0.939 bits per heavy atom. The lowest BCUT2D eigenvalue weighted by Gasteiger charge is -2.31. The Kier molecular flexibility index (Phi) is 9.76. The molecule has 0 aliphatic rings. The van der Waals surface area contributed by atoms with Gasteiger partial charge in [0, 0.05) is 18.5 Å². The molecule has 2 aromatic carbocycles. The second-order valence-electron chi connectivity index (χ2n) is 9.07. The number of carbonyl (C=O) groups is 2. The second-order valence-corrected chi connectivity index (χ2v) is 9.07. The van der Waals surface area contributed by atoms with Crippen molar-refractivity contribution in [2.45, 2.75) is 72.5 Å². The maximum absolute atomic E-state index is 13.3. The summed E-state index contributed by atoms with van der Waals surface area (Å²) in [5.41, 5.74) is 1.60. The van der Waals surface area contributed by atoms with E-state index in [0.29, 0.717) is 44.1 Å². The molecule has 0 heterocycles. The van der Waals surface area contributed by atoms with Crippen LogP contribution in [0.3, 0.4) is 0 Å². The molecule has 0 radical (unpaired) electrons. The molecule has 2 aromatic rings. The van der Waals surface area contributed by atoms with Gasteiger partial charge in [0.1, 0.15) is 6.04 Å². The molecule has 0 saturated heterocycles. The molecule has 0 saturated carbocycles. The molecule has 0 unspecified atom stereocenters. The SMILES string of the molecule is CCOc1ccc(CCC(=O)N(Cc2ccccc2)[C@@H](C)C(=O)NC(C)(C)C)cc1OCC. The van der Waals surface area contributed by atoms with Gasteiger partial charge in [-0.1, -0.05) is 36.4 Å². The number of aryl methyl sites for hydroxylation is 1. The number of ether oxygens (including phenoxy) is 2. The van der Waals surface area contributed by atoms with E-state index < -0.39 is 6.04 Å². The second kappa shape index (κ2) is 12.3. The van der Waals surface area contributed by atoms with Crippen molar-refractivity contribution >= 4 is 11.8 Å². The molecule has 2 amide bonds. The third kappa shape index (κ3) is 8.44. The van der Waals surface area contributed by atoms with Gasteiger partial charge in [-0.05, 0) is 71.2 Å². The first kappa shape index (κ1) is 26.2. The first-order valence-electron chi connectivity index (χ1n) is 11.7. The summed E-state index contributed by atoms with van der Waals surface area (Å²) < 4.78 is 11.3. The van der Waals surface area contributed by atoms with Gasteiger partial charge in [0.25, 0.3) is 0 Å². The smallest absolute Gasteiger partial charge is 0.242 e. The summed E-state index contributed by atoms with van der Waals surface area (Å²) in [6.45, 7) is 12.9. The summed E-state index contributed by atoms with van der Waals surface area (Å²) in [7, 11) is 0. The molecule has 0 aromatic heterocycles. The van der Waals surface area contributed by atoms with Crippen molar-refractivity contribution in [2.24, 2.45) is 0 Å². The molecule has 0 aliphatic heterocycles. The van der Waals surface area contributed by atoms with Gasteiger partial charge in [-0.25, -0.2) is 0 Å². The van der Waals surface area contributed by atoms with Crippen LogP contribution in [0, 0.1) is 0 Å². The van der Waals surface area contributed by atoms with Crippen molar-refractivity contribution in [1.29, 1.82) is 0 Å². The molecule has 0 fully saturated rings. The molecule has 0 spiro atoms. The van der Waals surface area contributed by atoms with E-state index in [4.69, 9.17) is 9.47 Å². The molecule has 33 heavy (non-hydrogen) atoms. The zero-order chi connectivity index (χ0) is 24.4. The molecule has 180 valence electrons. The van der Waals surface area contributed by atoms with Crippen molar-refractivity contribution < 1.29 is 19.1 Å². The van der Waals surface area contributed by atoms with Crippen LogP contribution in [-0.4, -0.2) is 41.5 Å². The predicted molar refractivity (Wildman–Crippen MR) is 131 cm³/mol. The number of nitrogens with zero attached hydrogens (tertiary/aromatic N) is 1. The van der Waals surface area contributed by atoms with E-state index in [2.05, 4.69) is 5.32 Å². The molecule has 1 atom stereocenters. The average Bonchev–Trinajstić information content (AvgIpc) is 2.76. The van der Waals surface area contributed by atoms with E-state index in [9.17, 15) is 9.59 Å². The van der Waals surface area contributed by atoms with Crippen LogP contribution in [0.2, 0.25) is 0 Å². The van der Waals surface area contributed by atoms with Gasteiger partial charge in [0.2, 0.25) is 11.8 Å². The lowest BCUT2D eigenvalue weighted by atomic mass is 10.1. The monoisotopic (exact) mass is 454 g/mol. The largest absolute Gasteiger partial charge is 0.490 e. The third-order valence-electron chi connectivity index (χ3n) is 5.10. The minimum absolute atomic E-state index is 0.0674. The molecule has 6 nitrogen and oxygen atoms in total. The Morgan fingerprint density at radius 2 is 1.58 bits per heavy atom. The zero-order valence-electron chi connectivity index (χ0n) is 20.8. The predicted octanol–water partition coefficient (Wildman–Crippen LogP) is 4.75. The Bertz CT molecular complexity index is 906. The fourth-order valence-corrected chi connectivity index (χ4v) is 3.48. The molecule has 2 rings (SSSR count). The van der Waals surface area contributed by atoms with Crippen molar-refractivity contribution in [3.8, 4) is 11.5 Å². The van der Waals surface area contributed by atoms with Crippen molar-refractivity contribution in [3.05, 3.63) is 59.7 Å². The highest BCUT2D eigenvalue weighted by molar-refractivity contribution is 5.87. The van der Waals surface area contributed by atoms with Crippen LogP contribution in [0.4, 0.5) is 0 Å². The van der Waals surface area contributed by atoms with Crippen LogP contribution >= 0.6 is 0 Å². The summed E-state index contributed by atoms with van der Waals surface area (Å²) in [6.07, 6.45) is 0.837. The maximum Gasteiger partial charge on any atom is 0.242 e. The first-order valence-corrected chi connectivity index (χ1v) is 11.7. The van der Waals surface area contributed by atoms with E-state index >= 15 is 0 Å². The highest BCUT2D eigenvalue weighted by atomic mass is 16.5. The van der Waals surface area contributed by atoms with Crippen LogP contribution < -0.4 is 14.8 Å². The van der Waals surface area contributed by atoms with Gasteiger partial charge in [-0.15, -0.1) is 0 Å². The van der Waals surface area contributed by atoms with Crippen LogP contribution in [0.15, 0.2) is 48.5 Å². The first-order chi connectivity index (χ1) is 15.6. The minimum atomic E-state index is -0.587. The molecule has 6 heteroatoms. The van der Waals surface area contributed by atoms with Crippen LogP contribution in [0.5, 0.6) is 11.5 Å². The van der Waals surface area contributed by atoms with Gasteiger partial charge in [-0.3, -0.25) is 9.59 Å². The lowest BCUT2D eigenvalue weighted by molar-refractivity contribution is -0.141. The molecule has 0 bridgehead atoms. The van der Waals surface area contributed by atoms with Crippen molar-refractivity contribution in [2.75, 3.05) is 13.2 Å². The quantitative estimate of drug-likeness (QED) is 0.532. The van der Waals surface area contributed by atoms with Gasteiger partial charge in [0.05, 0.1) is 13.2 Å². The summed E-state index contributed by atoms with van der Waals surface area (Å²) in [5.74, 6) is 1.16. The van der Waals surface area contributed by atoms with E-state index in [1.54, 1.807) is 11.8 Å². The van der Waals surface area contributed by atoms with E-state index in [1.165, 1.54) is 0 Å². The van der Waals surface area contributed by atoms with E-state index in [1.807, 2.05) is 83.1 Å². The average molecular weight is 455 g/mol. The fraction of sp³-hybridized carbons (Fsp3) is 0.481. The Labute approximate surface area is 198 Å². The zero-order valence-corrected chi connectivity index (χ0v) is 20.8. The van der Waals surface area contributed by atoms with Gasteiger partial charge < -0.3 is 19.7 Å². The Hall–Kier alpha value is -3.02. The van der Waals surface area contributed by atoms with E-state index in [-0.39, 0.29) is 17.4 Å². The third-order valence-corrected chi connectivity index (χ3v) is 5.10. The number of benzene rings is 2. The summed E-state index contributed by atoms with van der Waals surface area (Å²) in [5, 5.41) is 2.99. The topological polar surface area (TPSA) is 67.9 Å². The number of nitrogens with one attached hydrogen (secondary N) is 1. The fourth-order valence-electron chi connectivity index (χ4n) is 3.48. The number of amides is 2. The number of hydrogen-bond acceptors (Lipinski definition) is 4. The summed E-state index contributed by atoms with van der Waals surface area (Å²) >= 11 is 0. The van der Waals surface area contributed by atoms with Crippen LogP contribution in [0.1, 0.15) is 59.1 Å². The van der Waals surface area contributed by atoms with Crippen molar-refractivity contribution in [1.82, 2.24) is 10.2 Å². The molecular formula is C27H38N2O4. The Morgan fingerprint density at radius 3 is 2.18 bits per heavy atom. The van der Waals surface area contributed by atoms with Crippen LogP contribution in [0.25, 0.3) is 0 Å². The molecule has 1 N–H and O–H groups in total. The minimum Gasteiger partial charge on any atom is -0.490 e. The van der Waals surface area contributed by atoms with Crippen molar-refractivity contribution in [3.63, 3.8) is 0 Å². The maximum atomic E-state index is 13.3. The van der Waals surface area contributed by atoms with E-state index in [0.717, 1.165) is 11.1 Å². The van der Waals surface area contributed by atoms with Gasteiger partial charge in [0.15, 0.2) is 11.5 Å². The lowest BCUT2D eigenvalue weighted by Crippen LogP contribution is -2.52. The van der Waals surface area contributed by atoms with Crippen LogP contribution in [-0.2, 0) is 22.6 Å². The van der Waals surface area contributed by atoms with Gasteiger partial charge in [-0.2, -0.15) is 0 Å². The summed E-state index contributed by atoms with van der Waals surface area (Å²) in [6, 6.07) is 14.9. The van der Waals surface area contributed by atoms with Gasteiger partial charge >= 0.3 is 0 Å². The highest BCUT2D eigenvalue weighted by Crippen LogP contribution is 2.29.